The molecular formula is C45H29N3O. The van der Waals surface area contributed by atoms with Crippen molar-refractivity contribution in [3.63, 3.8) is 0 Å². The molecule has 0 unspecified atom stereocenters. The average Bonchev–Trinajstić information content (AvgIpc) is 3.67. The summed E-state index contributed by atoms with van der Waals surface area (Å²) < 4.78 is 65.7. The second-order valence-corrected chi connectivity index (χ2v) is 11.5. The molecule has 0 saturated heterocycles. The molecule has 4 heteroatoms. The third kappa shape index (κ3) is 5.56. The lowest BCUT2D eigenvalue weighted by Gasteiger charge is -2.10. The number of para-hydroxylation sites is 1. The molecule has 0 amide bonds. The molecule has 0 saturated carbocycles. The molecule has 9 aromatic rings. The largest absolute Gasteiger partial charge is 0.456 e. The van der Waals surface area contributed by atoms with Crippen molar-refractivity contribution in [1.29, 1.82) is 0 Å². The van der Waals surface area contributed by atoms with Gasteiger partial charge in [0.2, 0.25) is 0 Å². The molecule has 0 spiro atoms. The van der Waals surface area contributed by atoms with Gasteiger partial charge in [-0.25, -0.2) is 15.0 Å². The monoisotopic (exact) mass is 634 g/mol. The first-order valence-electron chi connectivity index (χ1n) is 19.3. The minimum Gasteiger partial charge on any atom is -0.456 e. The highest BCUT2D eigenvalue weighted by molar-refractivity contribution is 6.05. The number of rotatable bonds is 6. The van der Waals surface area contributed by atoms with Crippen LogP contribution in [0.3, 0.4) is 0 Å². The van der Waals surface area contributed by atoms with Gasteiger partial charge in [0.15, 0.2) is 17.5 Å². The van der Waals surface area contributed by atoms with Crippen LogP contribution in [-0.4, -0.2) is 15.0 Å². The van der Waals surface area contributed by atoms with Gasteiger partial charge in [-0.1, -0.05) is 158 Å². The number of hydrogen-bond acceptors (Lipinski definition) is 4. The summed E-state index contributed by atoms with van der Waals surface area (Å²) in [6, 6.07) is 41.0. The van der Waals surface area contributed by atoms with E-state index in [1.807, 2.05) is 84.9 Å². The topological polar surface area (TPSA) is 51.8 Å². The first-order chi connectivity index (χ1) is 27.2. The molecule has 0 atom stereocenters. The molecule has 4 nitrogen and oxygen atoms in total. The zero-order valence-electron chi connectivity index (χ0n) is 33.0. The summed E-state index contributed by atoms with van der Waals surface area (Å²) in [6.07, 6.45) is 0. The van der Waals surface area contributed by atoms with Crippen LogP contribution in [0.1, 0.15) is 9.60 Å². The highest BCUT2D eigenvalue weighted by Gasteiger charge is 2.14. The Bertz CT molecular complexity index is 2850. The van der Waals surface area contributed by atoms with Crippen LogP contribution >= 0.6 is 0 Å². The molecule has 0 bridgehead atoms. The Morgan fingerprint density at radius 1 is 0.347 bits per heavy atom. The van der Waals surface area contributed by atoms with Gasteiger partial charge in [0.25, 0.3) is 0 Å². The van der Waals surface area contributed by atoms with Crippen molar-refractivity contribution in [2.24, 2.45) is 0 Å². The van der Waals surface area contributed by atoms with E-state index >= 15 is 0 Å². The van der Waals surface area contributed by atoms with Crippen LogP contribution < -0.4 is 0 Å². The Morgan fingerprint density at radius 3 is 1.22 bits per heavy atom. The highest BCUT2D eigenvalue weighted by atomic mass is 16.3. The smallest absolute Gasteiger partial charge is 0.164 e. The highest BCUT2D eigenvalue weighted by Crippen LogP contribution is 2.33. The van der Waals surface area contributed by atoms with E-state index in [0.29, 0.717) is 28.6 Å². The zero-order chi connectivity index (χ0) is 38.7. The molecule has 0 aliphatic carbocycles. The van der Waals surface area contributed by atoms with Gasteiger partial charge in [-0.2, -0.15) is 0 Å². The maximum Gasteiger partial charge on any atom is 0.164 e. The van der Waals surface area contributed by atoms with Gasteiger partial charge in [-0.3, -0.25) is 0 Å². The summed E-state index contributed by atoms with van der Waals surface area (Å²) in [5, 5.41) is 0.00645. The summed E-state index contributed by atoms with van der Waals surface area (Å²) in [7, 11) is 0. The molecule has 0 radical (unpaired) electrons. The summed E-state index contributed by atoms with van der Waals surface area (Å²) in [5.74, 6) is 1.41. The first kappa shape index (κ1) is 22.0. The Morgan fingerprint density at radius 2 is 0.735 bits per heavy atom. The van der Waals surface area contributed by atoms with Gasteiger partial charge in [-0.05, 0) is 51.5 Å². The van der Waals surface area contributed by atoms with Crippen molar-refractivity contribution in [2.75, 3.05) is 0 Å². The van der Waals surface area contributed by atoms with Crippen molar-refractivity contribution >= 4 is 21.9 Å². The Balaban J connectivity index is 1.14. The van der Waals surface area contributed by atoms with Crippen molar-refractivity contribution in [1.82, 2.24) is 15.0 Å². The second-order valence-electron chi connectivity index (χ2n) is 11.5. The van der Waals surface area contributed by atoms with Crippen LogP contribution in [0.4, 0.5) is 0 Å². The SMILES string of the molecule is [2H]c1c([2H])c([2H])c2c(oc3c([2H])c(-c4ccc(-c5nc(-c6ccc(-c7ccccc7)cc6)nc(-c6ccc(-c7ccccc7)cc6)n5)cc4)c([2H])c([2H])c32)c1[2H]. The van der Waals surface area contributed by atoms with E-state index in [1.165, 1.54) is 0 Å². The van der Waals surface area contributed by atoms with Gasteiger partial charge in [0.1, 0.15) is 11.2 Å². The molecule has 230 valence electrons. The van der Waals surface area contributed by atoms with Crippen LogP contribution in [0, 0.1) is 0 Å². The normalized spacial score (nSPS) is 13.3. The lowest BCUT2D eigenvalue weighted by Crippen LogP contribution is -2.00. The van der Waals surface area contributed by atoms with Crippen molar-refractivity contribution in [2.45, 2.75) is 0 Å². The van der Waals surface area contributed by atoms with Crippen LogP contribution in [0.5, 0.6) is 0 Å². The molecule has 0 fully saturated rings. The fraction of sp³-hybridized carbons (Fsp3) is 0. The van der Waals surface area contributed by atoms with Gasteiger partial charge in [-0.15, -0.1) is 0 Å². The molecule has 49 heavy (non-hydrogen) atoms. The van der Waals surface area contributed by atoms with Crippen LogP contribution in [0.25, 0.3) is 89.5 Å². The molecular weight excluding hydrogens is 599 g/mol. The third-order valence-electron chi connectivity index (χ3n) is 8.45. The lowest BCUT2D eigenvalue weighted by atomic mass is 10.0. The van der Waals surface area contributed by atoms with Gasteiger partial charge < -0.3 is 4.42 Å². The summed E-state index contributed by atoms with van der Waals surface area (Å²) in [4.78, 5) is 14.7. The minimum atomic E-state index is -0.473. The maximum atomic E-state index is 9.05. The third-order valence-corrected chi connectivity index (χ3v) is 8.45. The van der Waals surface area contributed by atoms with Crippen LogP contribution in [0.15, 0.2) is 180 Å². The Labute approximate surface area is 293 Å². The van der Waals surface area contributed by atoms with Gasteiger partial charge >= 0.3 is 0 Å². The zero-order valence-corrected chi connectivity index (χ0v) is 26.0. The quantitative estimate of drug-likeness (QED) is 0.183. The number of furan rings is 1. The van der Waals surface area contributed by atoms with Crippen molar-refractivity contribution in [3.05, 3.63) is 176 Å². The van der Waals surface area contributed by atoms with Gasteiger partial charge in [0.05, 0.1) is 9.60 Å². The molecule has 0 N–H and O–H groups in total. The van der Waals surface area contributed by atoms with E-state index in [4.69, 9.17) is 29.0 Å². The van der Waals surface area contributed by atoms with E-state index in [2.05, 4.69) is 24.3 Å². The van der Waals surface area contributed by atoms with Crippen LogP contribution in [0.2, 0.25) is 0 Å². The molecule has 7 aromatic carbocycles. The summed E-state index contributed by atoms with van der Waals surface area (Å²) >= 11 is 0. The lowest BCUT2D eigenvalue weighted by molar-refractivity contribution is 0.669. The predicted octanol–water partition coefficient (Wildman–Crippen LogP) is 11.8. The Hall–Kier alpha value is -6.65. The molecule has 0 aliphatic rings. The fourth-order valence-corrected chi connectivity index (χ4v) is 5.88. The van der Waals surface area contributed by atoms with Gasteiger partial charge in [0, 0.05) is 27.5 Å². The minimum absolute atomic E-state index is 0.00856. The number of hydrogen-bond donors (Lipinski definition) is 0. The first-order valence-corrected chi connectivity index (χ1v) is 15.8. The Kier molecular flexibility index (Phi) is 5.47. The number of nitrogens with zero attached hydrogens (tertiary/aromatic N) is 3. The van der Waals surface area contributed by atoms with E-state index in [0.717, 1.165) is 33.4 Å². The molecule has 2 heterocycles. The predicted molar refractivity (Wildman–Crippen MR) is 200 cm³/mol. The van der Waals surface area contributed by atoms with Crippen LogP contribution in [-0.2, 0) is 0 Å². The molecule has 2 aromatic heterocycles. The van der Waals surface area contributed by atoms with E-state index in [9.17, 15) is 0 Å². The molecule has 9 rings (SSSR count). The fourth-order valence-electron chi connectivity index (χ4n) is 5.88. The van der Waals surface area contributed by atoms with E-state index in [1.54, 1.807) is 24.3 Å². The average molecular weight is 635 g/mol. The number of fused-ring (bicyclic) bond motifs is 3. The van der Waals surface area contributed by atoms with Crippen molar-refractivity contribution < 1.29 is 14.0 Å². The maximum absolute atomic E-state index is 9.05. The summed E-state index contributed by atoms with van der Waals surface area (Å²) in [5.41, 5.74) is 7.02. The van der Waals surface area contributed by atoms with E-state index < -0.39 is 18.1 Å². The second kappa shape index (κ2) is 12.2. The number of benzene rings is 7. The molecule has 0 aliphatic heterocycles. The number of aromatic nitrogens is 3. The van der Waals surface area contributed by atoms with Crippen molar-refractivity contribution in [3.8, 4) is 67.5 Å². The van der Waals surface area contributed by atoms with E-state index in [-0.39, 0.29) is 51.7 Å². The summed E-state index contributed by atoms with van der Waals surface area (Å²) in [6.45, 7) is 0. The standard InChI is InChI=1S/C45H29N3O/c1-3-9-30(10-4-1)32-15-21-35(22-16-32)43-46-44(36-23-17-33(18-24-36)31-11-5-2-6-12-31)48-45(47-43)37-25-19-34(20-26-37)38-27-28-40-39-13-7-8-14-41(39)49-42(40)29-38/h1-29H/i7D,8D,13D,14D,27D,28D,29D.